The van der Waals surface area contributed by atoms with Gasteiger partial charge in [0.15, 0.2) is 5.60 Å². The minimum atomic E-state index is -1.48. The molecule has 5 nitrogen and oxygen atoms in total. The van der Waals surface area contributed by atoms with Gasteiger partial charge >= 0.3 is 0 Å². The molecule has 0 saturated carbocycles. The first-order valence-electron chi connectivity index (χ1n) is 12.3. The van der Waals surface area contributed by atoms with Gasteiger partial charge in [0.05, 0.1) is 11.0 Å². The zero-order valence-electron chi connectivity index (χ0n) is 22.2. The lowest BCUT2D eigenvalue weighted by Gasteiger charge is -2.36. The Balaban J connectivity index is 2.96. The lowest BCUT2D eigenvalue weighted by Crippen LogP contribution is -2.42. The van der Waals surface area contributed by atoms with E-state index in [1.165, 1.54) is 18.0 Å². The lowest BCUT2D eigenvalue weighted by atomic mass is 9.81. The van der Waals surface area contributed by atoms with E-state index in [4.69, 9.17) is 10.7 Å². The predicted molar refractivity (Wildman–Crippen MR) is 155 cm³/mol. The zero-order valence-corrected chi connectivity index (χ0v) is 22.2. The van der Waals surface area contributed by atoms with Crippen LogP contribution >= 0.6 is 0 Å². The fraction of sp³-hybridized carbons (Fsp3) is 0.290. The van der Waals surface area contributed by atoms with Crippen LogP contribution in [0.3, 0.4) is 0 Å². The molecule has 5 heteroatoms. The van der Waals surface area contributed by atoms with Crippen molar-refractivity contribution >= 4 is 23.9 Å². The van der Waals surface area contributed by atoms with Crippen LogP contribution in [-0.2, 0) is 6.42 Å². The van der Waals surface area contributed by atoms with Crippen molar-refractivity contribution in [2.24, 2.45) is 10.7 Å². The van der Waals surface area contributed by atoms with Crippen molar-refractivity contribution in [2.45, 2.75) is 45.1 Å². The molecule has 0 amide bonds. The molecule has 3 N–H and O–H groups in total. The summed E-state index contributed by atoms with van der Waals surface area (Å²) >= 11 is 0. The molecule has 0 fully saturated rings. The van der Waals surface area contributed by atoms with Gasteiger partial charge < -0.3 is 15.7 Å². The van der Waals surface area contributed by atoms with Gasteiger partial charge in [0, 0.05) is 49.7 Å². The standard InChI is InChI=1S/C31H40N4O/c1-8-12-16-26-27-20-25(15-13-17-29(27)34-22-28(26)24(10-3)14-9-2)31(36,30(21-32)35(6)7)23(5)18-19-33-11-4/h9-11,14-15,17-22,36H,2-4,8,12-13,16,32H2,1,5-7H3/b23-18+,24-14+,30-21-,33-19-. The number of aliphatic imine (C=N–C) groups is 1. The fourth-order valence-electron chi connectivity index (χ4n) is 4.44. The minimum absolute atomic E-state index is 0.562. The second-order valence-corrected chi connectivity index (χ2v) is 8.85. The maximum absolute atomic E-state index is 12.3. The van der Waals surface area contributed by atoms with Crippen molar-refractivity contribution in [1.82, 2.24) is 9.88 Å². The number of aliphatic hydroxyl groups is 1. The van der Waals surface area contributed by atoms with Crippen molar-refractivity contribution < 1.29 is 5.11 Å². The predicted octanol–water partition coefficient (Wildman–Crippen LogP) is 4.32. The average Bonchev–Trinajstić information content (AvgIpc) is 3.09. The zero-order chi connectivity index (χ0) is 26.7. The molecule has 2 rings (SSSR count). The Bertz CT molecular complexity index is 1260. The highest BCUT2D eigenvalue weighted by Gasteiger charge is 2.38. The highest BCUT2D eigenvalue weighted by Crippen LogP contribution is 2.35. The minimum Gasteiger partial charge on any atom is -0.403 e. The van der Waals surface area contributed by atoms with Gasteiger partial charge in [0.1, 0.15) is 0 Å². The first-order valence-corrected chi connectivity index (χ1v) is 12.3. The van der Waals surface area contributed by atoms with Crippen LogP contribution in [0.2, 0.25) is 0 Å². The Morgan fingerprint density at radius 3 is 2.58 bits per heavy atom. The molecule has 190 valence electrons. The van der Waals surface area contributed by atoms with Crippen molar-refractivity contribution in [1.29, 1.82) is 0 Å². The number of rotatable bonds is 12. The van der Waals surface area contributed by atoms with Crippen molar-refractivity contribution in [3.8, 4) is 0 Å². The summed E-state index contributed by atoms with van der Waals surface area (Å²) in [4.78, 5) is 10.7. The summed E-state index contributed by atoms with van der Waals surface area (Å²) in [6.45, 7) is 15.6. The van der Waals surface area contributed by atoms with E-state index in [9.17, 15) is 5.11 Å². The number of nitrogens with zero attached hydrogens (tertiary/aromatic N) is 3. The van der Waals surface area contributed by atoms with Gasteiger partial charge in [-0.3, -0.25) is 9.98 Å². The summed E-state index contributed by atoms with van der Waals surface area (Å²) in [6.07, 6.45) is 23.6. The van der Waals surface area contributed by atoms with E-state index >= 15 is 0 Å². The van der Waals surface area contributed by atoms with Crippen LogP contribution in [-0.4, -0.2) is 40.9 Å². The Hall–Kier alpha value is -3.70. The highest BCUT2D eigenvalue weighted by atomic mass is 16.3. The Labute approximate surface area is 216 Å². The van der Waals surface area contributed by atoms with Gasteiger partial charge in [-0.2, -0.15) is 0 Å². The summed E-state index contributed by atoms with van der Waals surface area (Å²) in [6, 6.07) is 0. The number of unbranched alkanes of at least 4 members (excludes halogenated alkanes) is 1. The third-order valence-corrected chi connectivity index (χ3v) is 6.33. The second-order valence-electron chi connectivity index (χ2n) is 8.85. The fourth-order valence-corrected chi connectivity index (χ4v) is 4.44. The number of pyridine rings is 1. The van der Waals surface area contributed by atoms with E-state index in [1.54, 1.807) is 18.4 Å². The molecule has 0 radical (unpaired) electrons. The Morgan fingerprint density at radius 2 is 2.00 bits per heavy atom. The number of hydrogen-bond acceptors (Lipinski definition) is 5. The number of fused-ring (bicyclic) bond motifs is 1. The monoisotopic (exact) mass is 484 g/mol. The molecule has 1 unspecified atom stereocenters. The maximum atomic E-state index is 12.3. The summed E-state index contributed by atoms with van der Waals surface area (Å²) in [5, 5.41) is 14.2. The molecule has 0 aliphatic heterocycles. The van der Waals surface area contributed by atoms with Crippen LogP contribution in [0.5, 0.6) is 0 Å². The molecule has 1 heterocycles. The van der Waals surface area contributed by atoms with Crippen LogP contribution in [0.15, 0.2) is 90.5 Å². The van der Waals surface area contributed by atoms with Crippen LogP contribution < -0.4 is 16.3 Å². The molecule has 1 aliphatic rings. The Morgan fingerprint density at radius 1 is 1.25 bits per heavy atom. The van der Waals surface area contributed by atoms with Crippen LogP contribution in [0.25, 0.3) is 17.7 Å². The normalized spacial score (nSPS) is 16.1. The van der Waals surface area contributed by atoms with Gasteiger partial charge in [-0.1, -0.05) is 63.5 Å². The molecule has 0 bridgehead atoms. The maximum Gasteiger partial charge on any atom is 0.152 e. The second kappa shape index (κ2) is 13.4. The van der Waals surface area contributed by atoms with Gasteiger partial charge in [0.2, 0.25) is 0 Å². The van der Waals surface area contributed by atoms with Gasteiger partial charge in [-0.25, -0.2) is 0 Å². The Kier molecular flexibility index (Phi) is 10.6. The number of allylic oxidation sites excluding steroid dienone is 6. The third-order valence-electron chi connectivity index (χ3n) is 6.33. The molecule has 36 heavy (non-hydrogen) atoms. The van der Waals surface area contributed by atoms with E-state index in [1.807, 2.05) is 50.3 Å². The molecule has 1 aromatic heterocycles. The van der Waals surface area contributed by atoms with E-state index in [0.29, 0.717) is 17.7 Å². The molecule has 0 aromatic carbocycles. The van der Waals surface area contributed by atoms with Gasteiger partial charge in [-0.05, 0) is 60.6 Å². The van der Waals surface area contributed by atoms with Crippen LogP contribution in [0.1, 0.15) is 44.2 Å². The van der Waals surface area contributed by atoms with E-state index in [2.05, 4.69) is 43.8 Å². The first kappa shape index (κ1) is 28.5. The molecule has 1 atom stereocenters. The molecule has 0 saturated heterocycles. The SMILES string of the molecule is C=C/C=C(\C=C)c1cnc2c(c1CCCC)=CC(C(O)(/C(=C/N)N(C)C)/C(C)=C/C=N\C=C)=CCC=2. The topological polar surface area (TPSA) is 74.7 Å². The smallest absolute Gasteiger partial charge is 0.152 e. The number of likely N-dealkylation sites (N-methyl/N-ethyl adjacent to an activating group) is 1. The molecular formula is C31H40N4O. The van der Waals surface area contributed by atoms with Crippen molar-refractivity contribution in [2.75, 3.05) is 14.1 Å². The van der Waals surface area contributed by atoms with Gasteiger partial charge in [0.25, 0.3) is 0 Å². The molecular weight excluding hydrogens is 444 g/mol. The van der Waals surface area contributed by atoms with E-state index in [0.717, 1.165) is 46.5 Å². The summed E-state index contributed by atoms with van der Waals surface area (Å²) < 4.78 is 0. The summed E-state index contributed by atoms with van der Waals surface area (Å²) in [5.74, 6) is 0. The van der Waals surface area contributed by atoms with Crippen molar-refractivity contribution in [3.05, 3.63) is 107 Å². The molecule has 1 aliphatic carbocycles. The third kappa shape index (κ3) is 6.10. The van der Waals surface area contributed by atoms with E-state index < -0.39 is 5.60 Å². The lowest BCUT2D eigenvalue weighted by molar-refractivity contribution is 0.131. The first-order chi connectivity index (χ1) is 17.3. The number of nitrogens with two attached hydrogens (primary N) is 1. The summed E-state index contributed by atoms with van der Waals surface area (Å²) in [5.41, 5.74) is 9.75. The molecule has 0 spiro atoms. The molecule has 1 aromatic rings. The van der Waals surface area contributed by atoms with E-state index in [-0.39, 0.29) is 0 Å². The van der Waals surface area contributed by atoms with Crippen LogP contribution in [0, 0.1) is 0 Å². The largest absolute Gasteiger partial charge is 0.403 e. The number of hydrogen-bond donors (Lipinski definition) is 2. The quantitative estimate of drug-likeness (QED) is 0.342. The number of aromatic nitrogens is 1. The summed E-state index contributed by atoms with van der Waals surface area (Å²) in [7, 11) is 3.74. The highest BCUT2D eigenvalue weighted by molar-refractivity contribution is 5.78. The average molecular weight is 485 g/mol. The van der Waals surface area contributed by atoms with Gasteiger partial charge in [-0.15, -0.1) is 0 Å². The van der Waals surface area contributed by atoms with Crippen molar-refractivity contribution in [3.63, 3.8) is 0 Å². The van der Waals surface area contributed by atoms with Crippen LogP contribution in [0.4, 0.5) is 0 Å².